The Balaban J connectivity index is 1.99. The van der Waals surface area contributed by atoms with Gasteiger partial charge in [-0.25, -0.2) is 4.98 Å². The number of nitrogens with two attached hydrogens (primary N) is 2. The molecule has 0 spiro atoms. The average Bonchev–Trinajstić information content (AvgIpc) is 2.44. The highest BCUT2D eigenvalue weighted by Crippen LogP contribution is 2.32. The van der Waals surface area contributed by atoms with E-state index in [0.717, 1.165) is 5.56 Å². The Morgan fingerprint density at radius 3 is 2.50 bits per heavy atom. The molecule has 1 amide bonds. The number of aromatic hydroxyl groups is 1. The Morgan fingerprint density at radius 2 is 1.95 bits per heavy atom. The molecule has 0 aliphatic heterocycles. The molecule has 22 heavy (non-hydrogen) atoms. The molecule has 0 aliphatic carbocycles. The first-order chi connectivity index (χ1) is 10.4. The fourth-order valence-electron chi connectivity index (χ4n) is 1.75. The lowest BCUT2D eigenvalue weighted by Crippen LogP contribution is -2.16. The first-order valence-corrected chi connectivity index (χ1v) is 6.97. The number of rotatable bonds is 5. The Bertz CT molecular complexity index is 701. The maximum Gasteiger partial charge on any atom is 0.254 e. The number of anilines is 2. The van der Waals surface area contributed by atoms with E-state index in [4.69, 9.17) is 34.7 Å². The predicted octanol–water partition coefficient (Wildman–Crippen LogP) is 1.82. The number of hydrogen-bond donors (Lipinski definition) is 4. The zero-order chi connectivity index (χ0) is 16.3. The van der Waals surface area contributed by atoms with Gasteiger partial charge in [0.25, 0.3) is 5.91 Å². The van der Waals surface area contributed by atoms with Crippen LogP contribution in [-0.2, 0) is 6.42 Å². The second-order valence-electron chi connectivity index (χ2n) is 4.44. The molecule has 7 nitrogen and oxygen atoms in total. The zero-order valence-corrected chi connectivity index (χ0v) is 12.8. The topological polar surface area (TPSA) is 127 Å². The summed E-state index contributed by atoms with van der Waals surface area (Å²) in [6, 6.07) is 3.24. The predicted molar refractivity (Wildman–Crippen MR) is 85.3 cm³/mol. The first kappa shape index (κ1) is 16.1. The number of carbonyl (C=O) groups is 1. The number of nitrogens with one attached hydrogen (secondary N) is 1. The van der Waals surface area contributed by atoms with Gasteiger partial charge in [-0.1, -0.05) is 23.2 Å². The van der Waals surface area contributed by atoms with Crippen LogP contribution in [0, 0.1) is 0 Å². The van der Waals surface area contributed by atoms with E-state index in [9.17, 15) is 9.90 Å². The average molecular weight is 342 g/mol. The number of halogens is 2. The Labute approximate surface area is 136 Å². The summed E-state index contributed by atoms with van der Waals surface area (Å²) in [6.45, 7) is 0.479. The van der Waals surface area contributed by atoms with E-state index in [1.54, 1.807) is 12.1 Å². The number of nitrogens with zero attached hydrogens (tertiary/aromatic N) is 2. The largest absolute Gasteiger partial charge is 0.505 e. The summed E-state index contributed by atoms with van der Waals surface area (Å²) in [7, 11) is 0. The van der Waals surface area contributed by atoms with Crippen LogP contribution in [0.25, 0.3) is 0 Å². The molecule has 2 rings (SSSR count). The molecular weight excluding hydrogens is 329 g/mol. The minimum Gasteiger partial charge on any atom is -0.505 e. The van der Waals surface area contributed by atoms with Crippen molar-refractivity contribution in [2.24, 2.45) is 5.73 Å². The lowest BCUT2D eigenvalue weighted by atomic mass is 10.1. The maximum absolute atomic E-state index is 11.0. The van der Waals surface area contributed by atoms with Crippen molar-refractivity contribution in [1.82, 2.24) is 9.97 Å². The highest BCUT2D eigenvalue weighted by Gasteiger charge is 2.09. The van der Waals surface area contributed by atoms with Crippen LogP contribution >= 0.6 is 23.2 Å². The second-order valence-corrected chi connectivity index (χ2v) is 5.26. The molecule has 1 heterocycles. The molecule has 9 heteroatoms. The Morgan fingerprint density at radius 1 is 1.32 bits per heavy atom. The Hall–Kier alpha value is -2.25. The van der Waals surface area contributed by atoms with Gasteiger partial charge in [0.1, 0.15) is 5.82 Å². The van der Waals surface area contributed by atoms with Gasteiger partial charge in [-0.15, -0.1) is 0 Å². The molecule has 116 valence electrons. The van der Waals surface area contributed by atoms with Crippen molar-refractivity contribution >= 4 is 40.9 Å². The molecule has 0 bridgehead atoms. The molecule has 0 fully saturated rings. The van der Waals surface area contributed by atoms with Crippen LogP contribution in [0.4, 0.5) is 11.8 Å². The summed E-state index contributed by atoms with van der Waals surface area (Å²) in [4.78, 5) is 18.9. The van der Waals surface area contributed by atoms with Crippen LogP contribution in [0.5, 0.6) is 5.75 Å². The summed E-state index contributed by atoms with van der Waals surface area (Å²) in [5, 5.41) is 12.8. The molecule has 6 N–H and O–H groups in total. The molecule has 0 atom stereocenters. The van der Waals surface area contributed by atoms with Gasteiger partial charge in [0.05, 0.1) is 15.6 Å². The van der Waals surface area contributed by atoms with E-state index >= 15 is 0 Å². The van der Waals surface area contributed by atoms with Crippen LogP contribution in [0.15, 0.2) is 18.3 Å². The van der Waals surface area contributed by atoms with Crippen molar-refractivity contribution in [3.05, 3.63) is 39.5 Å². The van der Waals surface area contributed by atoms with Crippen molar-refractivity contribution in [2.45, 2.75) is 6.42 Å². The lowest BCUT2D eigenvalue weighted by molar-refractivity contribution is 0.100. The van der Waals surface area contributed by atoms with Crippen LogP contribution < -0.4 is 16.8 Å². The van der Waals surface area contributed by atoms with E-state index < -0.39 is 5.91 Å². The molecule has 0 unspecified atom stereocenters. The molecule has 0 saturated heterocycles. The standard InChI is InChI=1S/C13H13Cl2N5O2/c14-8-3-6(4-9(15)10(8)21)1-2-18-13-19-5-7(12(17)22)11(16)20-13/h3-5,21H,1-2H2,(H2,17,22)(H3,16,18,19,20). The smallest absolute Gasteiger partial charge is 0.254 e. The van der Waals surface area contributed by atoms with Crippen LogP contribution in [0.1, 0.15) is 15.9 Å². The number of phenols is 1. The van der Waals surface area contributed by atoms with Crippen molar-refractivity contribution in [1.29, 1.82) is 0 Å². The van der Waals surface area contributed by atoms with Gasteiger partial charge in [0.15, 0.2) is 5.75 Å². The molecular formula is C13H13Cl2N5O2. The summed E-state index contributed by atoms with van der Waals surface area (Å²) >= 11 is 11.7. The number of amides is 1. The summed E-state index contributed by atoms with van der Waals surface area (Å²) in [5.41, 5.74) is 11.6. The van der Waals surface area contributed by atoms with Gasteiger partial charge < -0.3 is 21.9 Å². The van der Waals surface area contributed by atoms with Crippen LogP contribution in [-0.4, -0.2) is 27.5 Å². The number of aromatic nitrogens is 2. The van der Waals surface area contributed by atoms with E-state index in [0.29, 0.717) is 13.0 Å². The van der Waals surface area contributed by atoms with E-state index in [2.05, 4.69) is 15.3 Å². The summed E-state index contributed by atoms with van der Waals surface area (Å²) < 4.78 is 0. The second kappa shape index (κ2) is 6.67. The third kappa shape index (κ3) is 3.69. The van der Waals surface area contributed by atoms with Gasteiger partial charge in [-0.2, -0.15) is 4.98 Å². The molecule has 2 aromatic rings. The molecule has 1 aromatic carbocycles. The SMILES string of the molecule is NC(=O)c1cnc(NCCc2cc(Cl)c(O)c(Cl)c2)nc1N. The fourth-order valence-corrected chi connectivity index (χ4v) is 2.28. The fraction of sp³-hybridized carbons (Fsp3) is 0.154. The van der Waals surface area contributed by atoms with Gasteiger partial charge in [0, 0.05) is 12.7 Å². The van der Waals surface area contributed by atoms with Gasteiger partial charge in [-0.3, -0.25) is 4.79 Å². The lowest BCUT2D eigenvalue weighted by Gasteiger charge is -2.08. The van der Waals surface area contributed by atoms with Crippen molar-refractivity contribution in [2.75, 3.05) is 17.6 Å². The van der Waals surface area contributed by atoms with Crippen molar-refractivity contribution < 1.29 is 9.90 Å². The highest BCUT2D eigenvalue weighted by molar-refractivity contribution is 6.37. The van der Waals surface area contributed by atoms with E-state index in [1.165, 1.54) is 6.20 Å². The number of primary amides is 1. The molecule has 0 aliphatic rings. The molecule has 0 radical (unpaired) electrons. The minimum absolute atomic E-state index is 0.0146. The normalized spacial score (nSPS) is 10.5. The van der Waals surface area contributed by atoms with E-state index in [-0.39, 0.29) is 33.1 Å². The summed E-state index contributed by atoms with van der Waals surface area (Å²) in [6.07, 6.45) is 1.84. The van der Waals surface area contributed by atoms with Gasteiger partial charge in [0.2, 0.25) is 5.95 Å². The van der Waals surface area contributed by atoms with Crippen LogP contribution in [0.3, 0.4) is 0 Å². The number of nitrogen functional groups attached to an aromatic ring is 1. The van der Waals surface area contributed by atoms with E-state index in [1.807, 2.05) is 0 Å². The zero-order valence-electron chi connectivity index (χ0n) is 11.3. The number of carbonyl (C=O) groups excluding carboxylic acids is 1. The monoisotopic (exact) mass is 341 g/mol. The van der Waals surface area contributed by atoms with Crippen LogP contribution in [0.2, 0.25) is 10.0 Å². The molecule has 1 aromatic heterocycles. The quantitative estimate of drug-likeness (QED) is 0.656. The maximum atomic E-state index is 11.0. The third-order valence-corrected chi connectivity index (χ3v) is 3.43. The van der Waals surface area contributed by atoms with Gasteiger partial charge >= 0.3 is 0 Å². The first-order valence-electron chi connectivity index (χ1n) is 6.21. The van der Waals surface area contributed by atoms with Crippen molar-refractivity contribution in [3.8, 4) is 5.75 Å². The van der Waals surface area contributed by atoms with Crippen molar-refractivity contribution in [3.63, 3.8) is 0 Å². The third-order valence-electron chi connectivity index (χ3n) is 2.86. The number of phenolic OH excluding ortho intramolecular Hbond substituents is 1. The number of benzene rings is 1. The Kier molecular flexibility index (Phi) is 4.89. The highest BCUT2D eigenvalue weighted by atomic mass is 35.5. The number of hydrogen-bond acceptors (Lipinski definition) is 6. The molecule has 0 saturated carbocycles. The van der Waals surface area contributed by atoms with Gasteiger partial charge in [-0.05, 0) is 24.1 Å². The minimum atomic E-state index is -0.683. The summed E-state index contributed by atoms with van der Waals surface area (Å²) in [5.74, 6) is -0.533.